The molecule has 12 heteroatoms. The molecule has 8 nitrogen and oxygen atoms in total. The molecule has 3 aliphatic heterocycles. The van der Waals surface area contributed by atoms with Crippen molar-refractivity contribution in [2.75, 3.05) is 36.8 Å². The number of likely N-dealkylation sites (tertiary alicyclic amines) is 1. The Bertz CT molecular complexity index is 1650. The number of anilines is 2. The molecule has 2 saturated heterocycles. The molecule has 6 heterocycles. The van der Waals surface area contributed by atoms with E-state index in [1.54, 1.807) is 6.20 Å². The number of hydrogen-bond acceptors (Lipinski definition) is 9. The van der Waals surface area contributed by atoms with Crippen molar-refractivity contribution in [1.82, 2.24) is 19.9 Å². The van der Waals surface area contributed by atoms with Crippen LogP contribution in [0.2, 0.25) is 0 Å². The van der Waals surface area contributed by atoms with Gasteiger partial charge in [0.1, 0.15) is 22.8 Å². The van der Waals surface area contributed by atoms with E-state index in [0.717, 1.165) is 29.6 Å². The third kappa shape index (κ3) is 3.31. The van der Waals surface area contributed by atoms with Crippen molar-refractivity contribution in [2.24, 2.45) is 0 Å². The summed E-state index contributed by atoms with van der Waals surface area (Å²) in [6, 6.07) is 2.24. The summed E-state index contributed by atoms with van der Waals surface area (Å²) < 4.78 is 50.4. The Morgan fingerprint density at radius 2 is 1.95 bits per heavy atom. The molecular weight excluding hydrogens is 503 g/mol. The van der Waals surface area contributed by atoms with Gasteiger partial charge in [-0.05, 0) is 17.5 Å². The molecule has 0 amide bonds. The standard InChI is InChI=1S/C25H20F3N7OS/c26-11-1-2-34(6-11)12-7-35(8-12)25-32-4-14-15-9-36-10-16(15)18(20(28)21(14)33-25)22-19-13(3-29)24(30)37-23(19)17(27)5-31-22/h4-5,11-12H,1-2,6-10,30H2/t11-/m1/s1. The number of halogens is 3. The quantitative estimate of drug-likeness (QED) is 0.431. The van der Waals surface area contributed by atoms with Gasteiger partial charge >= 0.3 is 0 Å². The van der Waals surface area contributed by atoms with Crippen LogP contribution in [-0.4, -0.2) is 58.2 Å². The van der Waals surface area contributed by atoms with Crippen LogP contribution in [0, 0.1) is 23.0 Å². The van der Waals surface area contributed by atoms with Gasteiger partial charge in [-0.3, -0.25) is 9.88 Å². The van der Waals surface area contributed by atoms with E-state index in [1.165, 1.54) is 0 Å². The average Bonchev–Trinajstić information content (AvgIpc) is 3.58. The minimum Gasteiger partial charge on any atom is -0.389 e. The van der Waals surface area contributed by atoms with Gasteiger partial charge in [0, 0.05) is 54.8 Å². The summed E-state index contributed by atoms with van der Waals surface area (Å²) in [6.07, 6.45) is 2.40. The zero-order chi connectivity index (χ0) is 25.4. The Balaban J connectivity index is 1.36. The number of nitriles is 1. The molecule has 3 aromatic heterocycles. The lowest BCUT2D eigenvalue weighted by molar-refractivity contribution is 0.135. The third-order valence-electron chi connectivity index (χ3n) is 7.56. The number of ether oxygens (including phenoxy) is 1. The van der Waals surface area contributed by atoms with Gasteiger partial charge in [0.2, 0.25) is 5.95 Å². The van der Waals surface area contributed by atoms with Gasteiger partial charge < -0.3 is 15.4 Å². The third-order valence-corrected chi connectivity index (χ3v) is 8.58. The van der Waals surface area contributed by atoms with Gasteiger partial charge in [-0.15, -0.1) is 11.3 Å². The molecule has 7 rings (SSSR count). The molecule has 3 aliphatic rings. The number of hydrogen-bond donors (Lipinski definition) is 1. The molecule has 4 aromatic rings. The number of benzene rings is 1. The fraction of sp³-hybridized carbons (Fsp3) is 0.360. The number of thiophene rings is 1. The number of rotatable bonds is 3. The molecule has 188 valence electrons. The van der Waals surface area contributed by atoms with Crippen molar-refractivity contribution in [3.05, 3.63) is 40.7 Å². The summed E-state index contributed by atoms with van der Waals surface area (Å²) in [6.45, 7) is 2.84. The van der Waals surface area contributed by atoms with Gasteiger partial charge in [-0.1, -0.05) is 0 Å². The van der Waals surface area contributed by atoms with Crippen LogP contribution in [0.1, 0.15) is 23.1 Å². The van der Waals surface area contributed by atoms with E-state index < -0.39 is 17.8 Å². The predicted molar refractivity (Wildman–Crippen MR) is 133 cm³/mol. The number of pyridine rings is 1. The molecule has 0 aliphatic carbocycles. The Labute approximate surface area is 213 Å². The van der Waals surface area contributed by atoms with Crippen LogP contribution < -0.4 is 10.6 Å². The first-order valence-electron chi connectivity index (χ1n) is 11.9. The number of fused-ring (bicyclic) bond motifs is 4. The number of aromatic nitrogens is 3. The molecule has 0 saturated carbocycles. The van der Waals surface area contributed by atoms with Crippen LogP contribution in [0.3, 0.4) is 0 Å². The van der Waals surface area contributed by atoms with E-state index in [2.05, 4.69) is 19.9 Å². The molecule has 0 unspecified atom stereocenters. The molecule has 1 aromatic carbocycles. The van der Waals surface area contributed by atoms with Crippen molar-refractivity contribution < 1.29 is 17.9 Å². The van der Waals surface area contributed by atoms with Crippen molar-refractivity contribution >= 4 is 43.3 Å². The number of nitrogens with zero attached hydrogens (tertiary/aromatic N) is 6. The summed E-state index contributed by atoms with van der Waals surface area (Å²) in [4.78, 5) is 17.4. The molecule has 0 spiro atoms. The van der Waals surface area contributed by atoms with E-state index in [4.69, 9.17) is 10.5 Å². The Morgan fingerprint density at radius 3 is 2.70 bits per heavy atom. The van der Waals surface area contributed by atoms with Gasteiger partial charge in [-0.25, -0.2) is 23.1 Å². The first kappa shape index (κ1) is 22.7. The second-order valence-corrected chi connectivity index (χ2v) is 10.7. The Kier molecular flexibility index (Phi) is 5.04. The minimum atomic E-state index is -0.783. The summed E-state index contributed by atoms with van der Waals surface area (Å²) in [5, 5.41) is 10.6. The van der Waals surface area contributed by atoms with E-state index in [0.29, 0.717) is 43.0 Å². The first-order valence-corrected chi connectivity index (χ1v) is 12.7. The smallest absolute Gasteiger partial charge is 0.226 e. The summed E-state index contributed by atoms with van der Waals surface area (Å²) in [7, 11) is 0. The predicted octanol–water partition coefficient (Wildman–Crippen LogP) is 3.90. The SMILES string of the molecule is N#Cc1c(N)sc2c(F)cnc(-c3c4c(c5cnc(N6CC(N7CC[C@@H](F)C7)C6)nc5c3F)COC4)c12. The fourth-order valence-corrected chi connectivity index (χ4v) is 6.54. The summed E-state index contributed by atoms with van der Waals surface area (Å²) in [5.74, 6) is -0.868. The second kappa shape index (κ2) is 8.24. The number of nitrogens with two attached hydrogens (primary N) is 1. The zero-order valence-corrected chi connectivity index (χ0v) is 20.3. The molecule has 1 atom stereocenters. The van der Waals surface area contributed by atoms with Crippen LogP contribution >= 0.6 is 11.3 Å². The normalized spacial score (nSPS) is 20.1. The largest absolute Gasteiger partial charge is 0.389 e. The van der Waals surface area contributed by atoms with Gasteiger partial charge in [0.05, 0.1) is 35.4 Å². The molecule has 2 N–H and O–H groups in total. The first-order chi connectivity index (χ1) is 17.9. The van der Waals surface area contributed by atoms with Crippen LogP contribution in [0.25, 0.3) is 32.2 Å². The highest BCUT2D eigenvalue weighted by Crippen LogP contribution is 2.45. The van der Waals surface area contributed by atoms with E-state index in [-0.39, 0.29) is 56.7 Å². The zero-order valence-electron chi connectivity index (χ0n) is 19.5. The molecule has 0 radical (unpaired) electrons. The highest BCUT2D eigenvalue weighted by molar-refractivity contribution is 7.23. The molecule has 2 fully saturated rings. The summed E-state index contributed by atoms with van der Waals surface area (Å²) >= 11 is 0.936. The average molecular weight is 524 g/mol. The van der Waals surface area contributed by atoms with Crippen molar-refractivity contribution in [3.63, 3.8) is 0 Å². The second-order valence-electron chi connectivity index (χ2n) is 9.62. The minimum absolute atomic E-state index is 0.0709. The Hall–Kier alpha value is -3.53. The molecule has 37 heavy (non-hydrogen) atoms. The molecular formula is C25H20F3N7OS. The highest BCUT2D eigenvalue weighted by atomic mass is 32.1. The van der Waals surface area contributed by atoms with Crippen molar-refractivity contribution in [1.29, 1.82) is 5.26 Å². The maximum atomic E-state index is 16.4. The monoisotopic (exact) mass is 523 g/mol. The van der Waals surface area contributed by atoms with Crippen molar-refractivity contribution in [2.45, 2.75) is 31.8 Å². The summed E-state index contributed by atoms with van der Waals surface area (Å²) in [5.41, 5.74) is 7.77. The maximum Gasteiger partial charge on any atom is 0.226 e. The van der Waals surface area contributed by atoms with Crippen LogP contribution in [0.4, 0.5) is 24.1 Å². The lowest BCUT2D eigenvalue weighted by atomic mass is 9.94. The molecule has 0 bridgehead atoms. The topological polar surface area (TPSA) is 104 Å². The van der Waals surface area contributed by atoms with E-state index in [9.17, 15) is 14.0 Å². The van der Waals surface area contributed by atoms with Crippen LogP contribution in [-0.2, 0) is 18.0 Å². The fourth-order valence-electron chi connectivity index (χ4n) is 5.62. The van der Waals surface area contributed by atoms with Gasteiger partial charge in [-0.2, -0.15) is 5.26 Å². The lowest BCUT2D eigenvalue weighted by Crippen LogP contribution is -2.59. The number of nitrogen functional groups attached to an aromatic ring is 1. The van der Waals surface area contributed by atoms with E-state index >= 15 is 4.39 Å². The van der Waals surface area contributed by atoms with E-state index in [1.807, 2.05) is 11.0 Å². The van der Waals surface area contributed by atoms with Gasteiger partial charge in [0.25, 0.3) is 0 Å². The van der Waals surface area contributed by atoms with Crippen molar-refractivity contribution in [3.8, 4) is 17.3 Å². The maximum absolute atomic E-state index is 16.4. The van der Waals surface area contributed by atoms with Gasteiger partial charge in [0.15, 0.2) is 11.6 Å². The lowest BCUT2D eigenvalue weighted by Gasteiger charge is -2.44. The highest BCUT2D eigenvalue weighted by Gasteiger charge is 2.37. The Morgan fingerprint density at radius 1 is 1.14 bits per heavy atom. The number of alkyl halides is 1. The van der Waals surface area contributed by atoms with Crippen LogP contribution in [0.15, 0.2) is 12.4 Å². The van der Waals surface area contributed by atoms with Crippen LogP contribution in [0.5, 0.6) is 0 Å².